The Labute approximate surface area is 164 Å². The summed E-state index contributed by atoms with van der Waals surface area (Å²) in [4.78, 5) is 4.66. The lowest BCUT2D eigenvalue weighted by Gasteiger charge is -2.18. The minimum Gasteiger partial charge on any atom is -0.392 e. The van der Waals surface area contributed by atoms with Crippen LogP contribution in [-0.4, -0.2) is 23.7 Å². The fourth-order valence-corrected chi connectivity index (χ4v) is 2.49. The van der Waals surface area contributed by atoms with Gasteiger partial charge in [0.25, 0.3) is 0 Å². The maximum atomic E-state index is 9.39. The topological polar surface area (TPSA) is 56.7 Å². The van der Waals surface area contributed by atoms with Gasteiger partial charge in [-0.25, -0.2) is 4.99 Å². The highest BCUT2D eigenvalue weighted by molar-refractivity contribution is 14.0. The van der Waals surface area contributed by atoms with Crippen molar-refractivity contribution in [3.63, 3.8) is 0 Å². The van der Waals surface area contributed by atoms with E-state index in [4.69, 9.17) is 0 Å². The highest BCUT2D eigenvalue weighted by atomic mass is 127. The fourth-order valence-electron chi connectivity index (χ4n) is 2.49. The molecule has 4 nitrogen and oxygen atoms in total. The Morgan fingerprint density at radius 1 is 1.12 bits per heavy atom. The van der Waals surface area contributed by atoms with Crippen molar-refractivity contribution in [1.82, 2.24) is 10.6 Å². The molecule has 1 unspecified atom stereocenters. The molecule has 1 rings (SSSR count). The van der Waals surface area contributed by atoms with Gasteiger partial charge in [-0.2, -0.15) is 0 Å². The van der Waals surface area contributed by atoms with Gasteiger partial charge in [0.05, 0.1) is 13.2 Å². The van der Waals surface area contributed by atoms with Crippen LogP contribution in [-0.2, 0) is 13.2 Å². The summed E-state index contributed by atoms with van der Waals surface area (Å²) in [6.45, 7) is 10.3. The number of aliphatic hydroxyl groups excluding tert-OH is 1. The summed E-state index contributed by atoms with van der Waals surface area (Å²) < 4.78 is 0. The van der Waals surface area contributed by atoms with E-state index in [9.17, 15) is 5.11 Å². The summed E-state index contributed by atoms with van der Waals surface area (Å²) in [5.74, 6) is 1.61. The number of nitrogens with zero attached hydrogens (tertiary/aromatic N) is 1. The molecule has 0 spiro atoms. The van der Waals surface area contributed by atoms with Crippen molar-refractivity contribution in [2.75, 3.05) is 6.54 Å². The summed E-state index contributed by atoms with van der Waals surface area (Å²) in [7, 11) is 0. The minimum absolute atomic E-state index is 0. The van der Waals surface area contributed by atoms with E-state index in [0.29, 0.717) is 12.6 Å². The van der Waals surface area contributed by atoms with Gasteiger partial charge >= 0.3 is 0 Å². The molecule has 0 fully saturated rings. The van der Waals surface area contributed by atoms with Crippen LogP contribution in [0.25, 0.3) is 0 Å². The lowest BCUT2D eigenvalue weighted by molar-refractivity contribution is 0.280. The van der Waals surface area contributed by atoms with Crippen molar-refractivity contribution >= 4 is 29.9 Å². The van der Waals surface area contributed by atoms with Crippen LogP contribution in [0.5, 0.6) is 0 Å². The smallest absolute Gasteiger partial charge is 0.191 e. The van der Waals surface area contributed by atoms with Gasteiger partial charge in [0.15, 0.2) is 5.96 Å². The van der Waals surface area contributed by atoms with Crippen molar-refractivity contribution in [1.29, 1.82) is 0 Å². The lowest BCUT2D eigenvalue weighted by atomic mass is 10.0. The van der Waals surface area contributed by atoms with Crippen LogP contribution in [0.3, 0.4) is 0 Å². The first-order chi connectivity index (χ1) is 11.1. The largest absolute Gasteiger partial charge is 0.392 e. The quantitative estimate of drug-likeness (QED) is 0.304. The van der Waals surface area contributed by atoms with Gasteiger partial charge in [0.2, 0.25) is 0 Å². The van der Waals surface area contributed by atoms with E-state index < -0.39 is 0 Å². The molecule has 0 saturated heterocycles. The van der Waals surface area contributed by atoms with Crippen LogP contribution < -0.4 is 10.6 Å². The first kappa shape index (κ1) is 23.2. The summed E-state index contributed by atoms with van der Waals surface area (Å²) in [5.41, 5.74) is 2.01. The summed E-state index contributed by atoms with van der Waals surface area (Å²) in [5, 5.41) is 16.2. The third-order valence-electron chi connectivity index (χ3n) is 3.84. The summed E-state index contributed by atoms with van der Waals surface area (Å²) >= 11 is 0. The zero-order valence-corrected chi connectivity index (χ0v) is 17.8. The van der Waals surface area contributed by atoms with Gasteiger partial charge in [-0.15, -0.1) is 24.0 Å². The van der Waals surface area contributed by atoms with E-state index in [1.54, 1.807) is 0 Å². The van der Waals surface area contributed by atoms with E-state index in [-0.39, 0.29) is 30.6 Å². The van der Waals surface area contributed by atoms with Crippen LogP contribution in [0.15, 0.2) is 29.3 Å². The average Bonchev–Trinajstić information content (AvgIpc) is 2.52. The van der Waals surface area contributed by atoms with Crippen LogP contribution in [0.2, 0.25) is 0 Å². The number of nitrogens with one attached hydrogen (secondary N) is 2. The summed E-state index contributed by atoms with van der Waals surface area (Å²) in [6, 6.07) is 8.29. The second-order valence-electron chi connectivity index (χ2n) is 6.49. The molecule has 1 aromatic rings. The van der Waals surface area contributed by atoms with Crippen LogP contribution in [0, 0.1) is 5.92 Å². The molecular formula is C19H34IN3O. The molecule has 3 N–H and O–H groups in total. The minimum atomic E-state index is 0. The number of aliphatic hydroxyl groups is 1. The molecule has 138 valence electrons. The van der Waals surface area contributed by atoms with Gasteiger partial charge in [-0.1, -0.05) is 51.0 Å². The Morgan fingerprint density at radius 2 is 1.79 bits per heavy atom. The standard InChI is InChI=1S/C19H33N3O.HI/c1-5-20-19(22-16(4)10-8-9-15(2)3)21-13-17-11-6-7-12-18(17)14-23;/h6-7,11-12,15-16,23H,5,8-10,13-14H2,1-4H3,(H2,20,21,22);1H. The molecule has 0 aromatic heterocycles. The van der Waals surface area contributed by atoms with Crippen molar-refractivity contribution < 1.29 is 5.11 Å². The van der Waals surface area contributed by atoms with Gasteiger partial charge in [-0.05, 0) is 37.3 Å². The Morgan fingerprint density at radius 3 is 2.38 bits per heavy atom. The maximum absolute atomic E-state index is 9.39. The zero-order valence-electron chi connectivity index (χ0n) is 15.5. The number of benzene rings is 1. The Hall–Kier alpha value is -0.820. The fraction of sp³-hybridized carbons (Fsp3) is 0.632. The molecule has 0 bridgehead atoms. The second-order valence-corrected chi connectivity index (χ2v) is 6.49. The van der Waals surface area contributed by atoms with E-state index in [1.165, 1.54) is 12.8 Å². The molecule has 1 aromatic carbocycles. The SMILES string of the molecule is CCNC(=NCc1ccccc1CO)NC(C)CCCC(C)C.I. The van der Waals surface area contributed by atoms with Crippen molar-refractivity contribution in [3.8, 4) is 0 Å². The van der Waals surface area contributed by atoms with Crippen molar-refractivity contribution in [3.05, 3.63) is 35.4 Å². The molecule has 0 heterocycles. The monoisotopic (exact) mass is 447 g/mol. The number of guanidine groups is 1. The maximum Gasteiger partial charge on any atom is 0.191 e. The predicted molar refractivity (Wildman–Crippen MR) is 114 cm³/mol. The lowest BCUT2D eigenvalue weighted by Crippen LogP contribution is -2.42. The van der Waals surface area contributed by atoms with Gasteiger partial charge in [0, 0.05) is 12.6 Å². The van der Waals surface area contributed by atoms with Gasteiger partial charge in [0.1, 0.15) is 0 Å². The average molecular weight is 447 g/mol. The number of rotatable bonds is 9. The van der Waals surface area contributed by atoms with Crippen LogP contribution in [0.1, 0.15) is 58.1 Å². The summed E-state index contributed by atoms with van der Waals surface area (Å²) in [6.07, 6.45) is 3.65. The third kappa shape index (κ3) is 9.47. The molecule has 5 heteroatoms. The van der Waals surface area contributed by atoms with Crippen molar-refractivity contribution in [2.24, 2.45) is 10.9 Å². The van der Waals surface area contributed by atoms with Gasteiger partial charge < -0.3 is 15.7 Å². The number of aliphatic imine (C=N–C) groups is 1. The van der Waals surface area contributed by atoms with Crippen molar-refractivity contribution in [2.45, 2.75) is 66.2 Å². The number of hydrogen-bond acceptors (Lipinski definition) is 2. The predicted octanol–water partition coefficient (Wildman–Crippen LogP) is 4.07. The van der Waals surface area contributed by atoms with E-state index in [0.717, 1.165) is 36.0 Å². The Kier molecular flexibility index (Phi) is 13.0. The molecule has 0 aliphatic rings. The van der Waals surface area contributed by atoms with Gasteiger partial charge in [-0.3, -0.25) is 0 Å². The number of hydrogen-bond donors (Lipinski definition) is 3. The zero-order chi connectivity index (χ0) is 17.1. The van der Waals surface area contributed by atoms with E-state index in [1.807, 2.05) is 24.3 Å². The molecule has 0 aliphatic carbocycles. The molecule has 1 atom stereocenters. The van der Waals surface area contributed by atoms with Crippen LogP contribution >= 0.6 is 24.0 Å². The first-order valence-electron chi connectivity index (χ1n) is 8.79. The molecular weight excluding hydrogens is 413 g/mol. The third-order valence-corrected chi connectivity index (χ3v) is 3.84. The Bertz CT molecular complexity index is 477. The molecule has 0 radical (unpaired) electrons. The number of halogens is 1. The van der Waals surface area contributed by atoms with Crippen LogP contribution in [0.4, 0.5) is 0 Å². The van der Waals surface area contributed by atoms with E-state index in [2.05, 4.69) is 43.3 Å². The highest BCUT2D eigenvalue weighted by Crippen LogP contribution is 2.10. The highest BCUT2D eigenvalue weighted by Gasteiger charge is 2.06. The normalized spacial score (nSPS) is 12.7. The molecule has 0 aliphatic heterocycles. The second kappa shape index (κ2) is 13.5. The first-order valence-corrected chi connectivity index (χ1v) is 8.79. The Balaban J connectivity index is 0.00000529. The molecule has 0 amide bonds. The molecule has 0 saturated carbocycles. The molecule has 24 heavy (non-hydrogen) atoms. The van der Waals surface area contributed by atoms with E-state index >= 15 is 0 Å².